The van der Waals surface area contributed by atoms with Crippen molar-refractivity contribution in [2.24, 2.45) is 11.1 Å². The first kappa shape index (κ1) is 17.8. The van der Waals surface area contributed by atoms with E-state index in [0.29, 0.717) is 11.3 Å². The molecule has 142 valence electrons. The Morgan fingerprint density at radius 3 is 2.41 bits per heavy atom. The van der Waals surface area contributed by atoms with E-state index in [1.807, 2.05) is 30.3 Å². The van der Waals surface area contributed by atoms with Gasteiger partial charge in [0.15, 0.2) is 0 Å². The van der Waals surface area contributed by atoms with Gasteiger partial charge in [-0.1, -0.05) is 57.5 Å². The van der Waals surface area contributed by atoms with Gasteiger partial charge in [-0.05, 0) is 41.1 Å². The molecule has 0 aromatic heterocycles. The third kappa shape index (κ3) is 2.77. The molecule has 0 unspecified atom stereocenters. The van der Waals surface area contributed by atoms with Crippen LogP contribution in [0.5, 0.6) is 0 Å². The number of nitrogens with zero attached hydrogens (tertiary/aromatic N) is 2. The maximum Gasteiger partial charge on any atom is 0.278 e. The van der Waals surface area contributed by atoms with E-state index < -0.39 is 29.6 Å². The van der Waals surface area contributed by atoms with Gasteiger partial charge in [0.05, 0.1) is 5.69 Å². The van der Waals surface area contributed by atoms with Crippen molar-refractivity contribution >= 4 is 55.7 Å². The lowest BCUT2D eigenvalue weighted by molar-refractivity contribution is -0.126. The van der Waals surface area contributed by atoms with Crippen LogP contribution in [0.1, 0.15) is 10.4 Å². The van der Waals surface area contributed by atoms with Gasteiger partial charge in [-0.3, -0.25) is 14.4 Å². The van der Waals surface area contributed by atoms with E-state index in [9.17, 15) is 14.4 Å². The highest BCUT2D eigenvalue weighted by Gasteiger charge is 2.57. The second-order valence-electron chi connectivity index (χ2n) is 6.86. The Labute approximate surface area is 173 Å². The zero-order valence-corrected chi connectivity index (χ0v) is 16.5. The van der Waals surface area contributed by atoms with Crippen LogP contribution in [0, 0.1) is 5.92 Å². The Morgan fingerprint density at radius 2 is 1.66 bits per heavy atom. The fraction of sp³-hybridized carbons (Fsp3) is 0.0909. The van der Waals surface area contributed by atoms with Gasteiger partial charge in [0.2, 0.25) is 17.8 Å². The molecule has 1 fully saturated rings. The Balaban J connectivity index is 1.48. The molecule has 0 radical (unpaired) electrons. The number of ketones is 1. The highest BCUT2D eigenvalue weighted by Crippen LogP contribution is 2.34. The molecule has 7 heteroatoms. The number of anilines is 1. The molecule has 0 spiro atoms. The average molecular weight is 449 g/mol. The van der Waals surface area contributed by atoms with Crippen molar-refractivity contribution in [3.05, 3.63) is 76.8 Å². The molecule has 2 aliphatic rings. The molecule has 2 amide bonds. The van der Waals surface area contributed by atoms with Crippen molar-refractivity contribution in [1.82, 2.24) is 0 Å². The third-order valence-electron chi connectivity index (χ3n) is 5.14. The first-order valence-corrected chi connectivity index (χ1v) is 9.74. The monoisotopic (exact) mass is 448 g/mol. The standard InChI is InChI=1S/C22H13BrN2O4/c23-15-7-9-16(10-8-15)25-21(27)17-18(24-29-20(17)22(25)28)19(26)14-6-5-12-3-1-2-4-13(12)11-14/h1-11,17,20H/t17-,20+/m1/s1. The summed E-state index contributed by atoms with van der Waals surface area (Å²) < 4.78 is 0.825. The lowest BCUT2D eigenvalue weighted by Gasteiger charge is -2.15. The van der Waals surface area contributed by atoms with Crippen LogP contribution in [0.3, 0.4) is 0 Å². The van der Waals surface area contributed by atoms with Gasteiger partial charge < -0.3 is 4.84 Å². The number of fused-ring (bicyclic) bond motifs is 2. The molecule has 2 aliphatic heterocycles. The predicted octanol–water partition coefficient (Wildman–Crippen LogP) is 3.73. The molecule has 2 heterocycles. The van der Waals surface area contributed by atoms with E-state index in [-0.39, 0.29) is 5.71 Å². The second-order valence-corrected chi connectivity index (χ2v) is 7.78. The summed E-state index contributed by atoms with van der Waals surface area (Å²) in [5, 5.41) is 5.71. The van der Waals surface area contributed by atoms with Gasteiger partial charge in [-0.25, -0.2) is 4.90 Å². The van der Waals surface area contributed by atoms with Crippen LogP contribution in [-0.4, -0.2) is 29.4 Å². The van der Waals surface area contributed by atoms with Crippen LogP contribution in [0.2, 0.25) is 0 Å². The normalized spacial score (nSPS) is 20.6. The average Bonchev–Trinajstić information content (AvgIpc) is 3.28. The van der Waals surface area contributed by atoms with E-state index in [1.165, 1.54) is 0 Å². The highest BCUT2D eigenvalue weighted by molar-refractivity contribution is 9.10. The zero-order valence-electron chi connectivity index (χ0n) is 14.9. The Kier molecular flexibility index (Phi) is 4.06. The third-order valence-corrected chi connectivity index (χ3v) is 5.67. The van der Waals surface area contributed by atoms with Gasteiger partial charge in [0.1, 0.15) is 11.6 Å². The molecule has 3 aromatic carbocycles. The molecule has 0 N–H and O–H groups in total. The van der Waals surface area contributed by atoms with E-state index in [0.717, 1.165) is 20.1 Å². The van der Waals surface area contributed by atoms with E-state index in [1.54, 1.807) is 36.4 Å². The topological polar surface area (TPSA) is 76.0 Å². The lowest BCUT2D eigenvalue weighted by Crippen LogP contribution is -2.34. The summed E-state index contributed by atoms with van der Waals surface area (Å²) in [6, 6.07) is 19.7. The number of carbonyl (C=O) groups excluding carboxylic acids is 3. The largest absolute Gasteiger partial charge is 0.381 e. The van der Waals surface area contributed by atoms with Gasteiger partial charge in [-0.15, -0.1) is 0 Å². The van der Waals surface area contributed by atoms with E-state index >= 15 is 0 Å². The van der Waals surface area contributed by atoms with Crippen LogP contribution in [0.25, 0.3) is 10.8 Å². The molecule has 0 aliphatic carbocycles. The molecule has 3 aromatic rings. The summed E-state index contributed by atoms with van der Waals surface area (Å²) in [5.74, 6) is -2.48. The molecule has 0 saturated carbocycles. The van der Waals surface area contributed by atoms with Crippen LogP contribution in [0.4, 0.5) is 5.69 Å². The summed E-state index contributed by atoms with van der Waals surface area (Å²) >= 11 is 3.33. The number of benzene rings is 3. The molecular formula is C22H13BrN2O4. The second kappa shape index (κ2) is 6.63. The number of hydrogen-bond donors (Lipinski definition) is 0. The minimum atomic E-state index is -1.11. The van der Waals surface area contributed by atoms with E-state index in [4.69, 9.17) is 4.84 Å². The minimum absolute atomic E-state index is 0.0387. The smallest absolute Gasteiger partial charge is 0.278 e. The predicted molar refractivity (Wildman–Crippen MR) is 111 cm³/mol. The summed E-state index contributed by atoms with van der Waals surface area (Å²) in [7, 11) is 0. The van der Waals surface area contributed by atoms with Crippen molar-refractivity contribution in [2.45, 2.75) is 6.10 Å². The number of amides is 2. The maximum absolute atomic E-state index is 13.1. The molecule has 2 atom stereocenters. The van der Waals surface area contributed by atoms with Crippen LogP contribution in [0.15, 0.2) is 76.4 Å². The van der Waals surface area contributed by atoms with Crippen molar-refractivity contribution in [2.75, 3.05) is 4.90 Å². The number of rotatable bonds is 3. The fourth-order valence-corrected chi connectivity index (χ4v) is 3.95. The summed E-state index contributed by atoms with van der Waals surface area (Å²) in [6.07, 6.45) is -1.11. The Hall–Kier alpha value is -3.32. The van der Waals surface area contributed by atoms with Gasteiger partial charge in [0.25, 0.3) is 5.91 Å². The maximum atomic E-state index is 13.1. The van der Waals surface area contributed by atoms with Crippen molar-refractivity contribution in [3.8, 4) is 0 Å². The molecule has 29 heavy (non-hydrogen) atoms. The summed E-state index contributed by atoms with van der Waals surface area (Å²) in [6.45, 7) is 0. The number of hydrogen-bond acceptors (Lipinski definition) is 5. The van der Waals surface area contributed by atoms with Gasteiger partial charge in [0, 0.05) is 10.0 Å². The Morgan fingerprint density at radius 1 is 0.931 bits per heavy atom. The molecule has 1 saturated heterocycles. The number of imide groups is 1. The van der Waals surface area contributed by atoms with Crippen molar-refractivity contribution in [3.63, 3.8) is 0 Å². The van der Waals surface area contributed by atoms with Crippen molar-refractivity contribution < 1.29 is 19.2 Å². The molecular weight excluding hydrogens is 436 g/mol. The number of Topliss-reactive ketones (excluding diaryl/α,β-unsaturated/α-hetero) is 1. The van der Waals surface area contributed by atoms with Gasteiger partial charge >= 0.3 is 0 Å². The highest BCUT2D eigenvalue weighted by atomic mass is 79.9. The van der Waals surface area contributed by atoms with Crippen LogP contribution >= 0.6 is 15.9 Å². The zero-order chi connectivity index (χ0) is 20.1. The Bertz CT molecular complexity index is 1220. The van der Waals surface area contributed by atoms with E-state index in [2.05, 4.69) is 21.1 Å². The minimum Gasteiger partial charge on any atom is -0.381 e. The first-order chi connectivity index (χ1) is 14.0. The fourth-order valence-electron chi connectivity index (χ4n) is 3.69. The number of halogens is 1. The first-order valence-electron chi connectivity index (χ1n) is 8.95. The molecule has 5 rings (SSSR count). The molecule has 6 nitrogen and oxygen atoms in total. The summed E-state index contributed by atoms with van der Waals surface area (Å²) in [4.78, 5) is 45.1. The van der Waals surface area contributed by atoms with Crippen molar-refractivity contribution in [1.29, 1.82) is 0 Å². The van der Waals surface area contributed by atoms with Crippen LogP contribution in [-0.2, 0) is 14.4 Å². The van der Waals surface area contributed by atoms with Gasteiger partial charge in [-0.2, -0.15) is 0 Å². The SMILES string of the molecule is O=C(C1=NO[C@@H]2C(=O)N(c3ccc(Br)cc3)C(=O)[C@H]12)c1ccc2ccccc2c1. The molecule has 0 bridgehead atoms. The lowest BCUT2D eigenvalue weighted by atomic mass is 9.92. The summed E-state index contributed by atoms with van der Waals surface area (Å²) in [5.41, 5.74) is 0.788. The van der Waals surface area contributed by atoms with Crippen LogP contribution < -0.4 is 4.90 Å². The number of carbonyl (C=O) groups is 3. The quantitative estimate of drug-likeness (QED) is 0.451. The number of oxime groups is 1.